The number of Topliss-reactive ketones (excluding diaryl/α,β-unsaturated/α-hetero) is 3. The Morgan fingerprint density at radius 2 is 1.17 bits per heavy atom. The Morgan fingerprint density at radius 3 is 1.39 bits per heavy atom. The summed E-state index contributed by atoms with van der Waals surface area (Å²) >= 11 is 0. The summed E-state index contributed by atoms with van der Waals surface area (Å²) in [6.45, 7) is 1.40. The molecular weight excluding hydrogens is 244 g/mol. The molecule has 0 bridgehead atoms. The highest BCUT2D eigenvalue weighted by molar-refractivity contribution is 6.04. The first-order chi connectivity index (χ1) is 8.04. The van der Waals surface area contributed by atoms with Crippen molar-refractivity contribution in [1.82, 2.24) is 0 Å². The minimum atomic E-state index is -2.92. The lowest BCUT2D eigenvalue weighted by Crippen LogP contribution is -2.81. The molecule has 1 saturated heterocycles. The van der Waals surface area contributed by atoms with Gasteiger partial charge in [0.15, 0.2) is 34.2 Å². The van der Waals surface area contributed by atoms with Crippen LogP contribution in [-0.4, -0.2) is 62.7 Å². The van der Waals surface area contributed by atoms with E-state index in [1.807, 2.05) is 0 Å². The monoisotopic (exact) mass is 260 g/mol. The van der Waals surface area contributed by atoms with Gasteiger partial charge in [-0.05, 0) is 20.8 Å². The van der Waals surface area contributed by atoms with Crippen molar-refractivity contribution in [2.75, 3.05) is 13.2 Å². The maximum absolute atomic E-state index is 11.6. The average Bonchev–Trinajstić information content (AvgIpc) is 2.24. The van der Waals surface area contributed by atoms with Crippen LogP contribution < -0.4 is 0 Å². The fraction of sp³-hybridized carbons (Fsp3) is 0.727. The van der Waals surface area contributed by atoms with Gasteiger partial charge in [0.1, 0.15) is 0 Å². The number of carbonyl (C=O) groups is 3. The van der Waals surface area contributed by atoms with Gasteiger partial charge in [-0.15, -0.1) is 0 Å². The third-order valence-electron chi connectivity index (χ3n) is 3.49. The summed E-state index contributed by atoms with van der Waals surface area (Å²) in [4.78, 5) is 34.6. The van der Waals surface area contributed by atoms with Crippen molar-refractivity contribution in [3.63, 3.8) is 0 Å². The first-order valence-electron chi connectivity index (χ1n) is 5.32. The number of aliphatic hydroxyl groups is 3. The van der Waals surface area contributed by atoms with E-state index < -0.39 is 47.4 Å². The number of carbonyl (C=O) groups excluding carboxylic acids is 3. The number of hydrogen-bond acceptors (Lipinski definition) is 7. The second-order valence-corrected chi connectivity index (χ2v) is 4.59. The molecule has 0 aromatic rings. The standard InChI is InChI=1S/C11H16O7/c1-6(12)9(15)4-18-5-10(16,7(2)13)11(9,17)8(3)14/h15-17H,4-5H2,1-3H3/t9-,10+,11?. The predicted octanol–water partition coefficient (Wildman–Crippen LogP) is -2.02. The van der Waals surface area contributed by atoms with E-state index in [0.717, 1.165) is 20.8 Å². The van der Waals surface area contributed by atoms with Crippen molar-refractivity contribution in [3.8, 4) is 0 Å². The van der Waals surface area contributed by atoms with Gasteiger partial charge in [0, 0.05) is 0 Å². The summed E-state index contributed by atoms with van der Waals surface area (Å²) < 4.78 is 4.82. The summed E-state index contributed by atoms with van der Waals surface area (Å²) in [7, 11) is 0. The van der Waals surface area contributed by atoms with Crippen LogP contribution in [0.2, 0.25) is 0 Å². The average molecular weight is 260 g/mol. The lowest BCUT2D eigenvalue weighted by molar-refractivity contribution is -0.273. The topological polar surface area (TPSA) is 121 Å². The highest BCUT2D eigenvalue weighted by atomic mass is 16.5. The van der Waals surface area contributed by atoms with E-state index in [1.54, 1.807) is 0 Å². The second kappa shape index (κ2) is 4.20. The Labute approximate surface area is 103 Å². The number of ether oxygens (including phenoxy) is 1. The van der Waals surface area contributed by atoms with E-state index in [2.05, 4.69) is 0 Å². The van der Waals surface area contributed by atoms with Gasteiger partial charge in [0.25, 0.3) is 0 Å². The molecule has 18 heavy (non-hydrogen) atoms. The first-order valence-corrected chi connectivity index (χ1v) is 5.32. The summed E-state index contributed by atoms with van der Waals surface area (Å²) in [5.74, 6) is -3.03. The zero-order valence-corrected chi connectivity index (χ0v) is 10.4. The molecule has 1 aliphatic rings. The van der Waals surface area contributed by atoms with Gasteiger partial charge in [-0.2, -0.15) is 0 Å². The van der Waals surface area contributed by atoms with Crippen molar-refractivity contribution < 1.29 is 34.4 Å². The molecule has 0 radical (unpaired) electrons. The van der Waals surface area contributed by atoms with Crippen molar-refractivity contribution >= 4 is 17.3 Å². The van der Waals surface area contributed by atoms with Crippen molar-refractivity contribution in [3.05, 3.63) is 0 Å². The van der Waals surface area contributed by atoms with Crippen LogP contribution in [-0.2, 0) is 19.1 Å². The van der Waals surface area contributed by atoms with Crippen molar-refractivity contribution in [1.29, 1.82) is 0 Å². The van der Waals surface area contributed by atoms with Gasteiger partial charge in [-0.1, -0.05) is 0 Å². The van der Waals surface area contributed by atoms with Gasteiger partial charge in [-0.25, -0.2) is 0 Å². The van der Waals surface area contributed by atoms with Gasteiger partial charge < -0.3 is 20.1 Å². The van der Waals surface area contributed by atoms with Crippen LogP contribution >= 0.6 is 0 Å². The third kappa shape index (κ3) is 1.55. The van der Waals surface area contributed by atoms with Crippen LogP contribution in [0.3, 0.4) is 0 Å². The van der Waals surface area contributed by atoms with Crippen LogP contribution in [0.4, 0.5) is 0 Å². The van der Waals surface area contributed by atoms with E-state index in [4.69, 9.17) is 4.74 Å². The van der Waals surface area contributed by atoms with E-state index in [9.17, 15) is 29.7 Å². The molecular formula is C11H16O7. The predicted molar refractivity (Wildman–Crippen MR) is 57.7 cm³/mol. The largest absolute Gasteiger partial charge is 0.376 e. The molecule has 3 atom stereocenters. The van der Waals surface area contributed by atoms with E-state index >= 15 is 0 Å². The Hall–Kier alpha value is -1.15. The van der Waals surface area contributed by atoms with E-state index in [0.29, 0.717) is 0 Å². The smallest absolute Gasteiger partial charge is 0.199 e. The van der Waals surface area contributed by atoms with Crippen LogP contribution in [0.5, 0.6) is 0 Å². The number of ketones is 3. The number of hydrogen-bond donors (Lipinski definition) is 3. The maximum Gasteiger partial charge on any atom is 0.199 e. The van der Waals surface area contributed by atoms with Crippen LogP contribution in [0.25, 0.3) is 0 Å². The zero-order valence-electron chi connectivity index (χ0n) is 10.4. The van der Waals surface area contributed by atoms with E-state index in [1.165, 1.54) is 0 Å². The molecule has 0 aromatic carbocycles. The maximum atomic E-state index is 11.6. The minimum absolute atomic E-state index is 0.673. The SMILES string of the molecule is CC(=O)C1(O)[C@](O)(C(C)=O)COC[C@]1(O)C(C)=O. The summed E-state index contributed by atoms with van der Waals surface area (Å²) in [5.41, 5.74) is -8.23. The molecule has 102 valence electrons. The molecule has 1 aliphatic heterocycles. The van der Waals surface area contributed by atoms with Crippen molar-refractivity contribution in [2.45, 2.75) is 37.6 Å². The normalized spacial score (nSPS) is 40.3. The lowest BCUT2D eigenvalue weighted by Gasteiger charge is -2.51. The Bertz CT molecular complexity index is 388. The molecule has 7 heteroatoms. The van der Waals surface area contributed by atoms with Crippen LogP contribution in [0.15, 0.2) is 0 Å². The Morgan fingerprint density at radius 1 is 0.833 bits per heavy atom. The van der Waals surface area contributed by atoms with Gasteiger partial charge in [-0.3, -0.25) is 14.4 Å². The third-order valence-corrected chi connectivity index (χ3v) is 3.49. The van der Waals surface area contributed by atoms with Crippen LogP contribution in [0, 0.1) is 0 Å². The van der Waals surface area contributed by atoms with Crippen LogP contribution in [0.1, 0.15) is 20.8 Å². The molecule has 1 unspecified atom stereocenters. The minimum Gasteiger partial charge on any atom is -0.376 e. The molecule has 7 nitrogen and oxygen atoms in total. The molecule has 1 fully saturated rings. The number of rotatable bonds is 3. The Kier molecular flexibility index (Phi) is 3.48. The van der Waals surface area contributed by atoms with E-state index in [-0.39, 0.29) is 0 Å². The van der Waals surface area contributed by atoms with Gasteiger partial charge in [0.2, 0.25) is 0 Å². The molecule has 0 aromatic heterocycles. The fourth-order valence-electron chi connectivity index (χ4n) is 2.19. The summed E-state index contributed by atoms with van der Waals surface area (Å²) in [5, 5.41) is 30.7. The van der Waals surface area contributed by atoms with Gasteiger partial charge in [0.05, 0.1) is 13.2 Å². The summed E-state index contributed by atoms with van der Waals surface area (Å²) in [6, 6.07) is 0. The fourth-order valence-corrected chi connectivity index (χ4v) is 2.19. The molecule has 1 heterocycles. The summed E-state index contributed by atoms with van der Waals surface area (Å²) in [6.07, 6.45) is 0. The second-order valence-electron chi connectivity index (χ2n) is 4.59. The molecule has 0 aliphatic carbocycles. The highest BCUT2D eigenvalue weighted by Crippen LogP contribution is 2.40. The molecule has 1 rings (SSSR count). The highest BCUT2D eigenvalue weighted by Gasteiger charge is 2.71. The van der Waals surface area contributed by atoms with Gasteiger partial charge >= 0.3 is 0 Å². The first kappa shape index (κ1) is 14.9. The quantitative estimate of drug-likeness (QED) is 0.535. The molecule has 0 spiro atoms. The molecule has 0 saturated carbocycles. The Balaban J connectivity index is 3.55. The van der Waals surface area contributed by atoms with Crippen molar-refractivity contribution in [2.24, 2.45) is 0 Å². The molecule has 3 N–H and O–H groups in total. The molecule has 0 amide bonds. The lowest BCUT2D eigenvalue weighted by atomic mass is 9.64. The zero-order chi connectivity index (χ0) is 14.4.